The molecule has 3 aromatic carbocycles. The van der Waals surface area contributed by atoms with Crippen molar-refractivity contribution in [2.45, 2.75) is 33.1 Å². The summed E-state index contributed by atoms with van der Waals surface area (Å²) in [5.74, 6) is 0.580. The summed E-state index contributed by atoms with van der Waals surface area (Å²) in [5, 5.41) is 23.1. The lowest BCUT2D eigenvalue weighted by Gasteiger charge is -2.25. The predicted molar refractivity (Wildman–Crippen MR) is 150 cm³/mol. The van der Waals surface area contributed by atoms with E-state index < -0.39 is 0 Å². The highest BCUT2D eigenvalue weighted by atomic mass is 32.2. The third kappa shape index (κ3) is 4.14. The van der Waals surface area contributed by atoms with E-state index in [4.69, 9.17) is 14.5 Å². The van der Waals surface area contributed by atoms with Crippen molar-refractivity contribution in [1.82, 2.24) is 15.2 Å². The first-order valence-corrected chi connectivity index (χ1v) is 13.3. The summed E-state index contributed by atoms with van der Waals surface area (Å²) in [6, 6.07) is 20.7. The molecule has 1 aliphatic rings. The highest BCUT2D eigenvalue weighted by Gasteiger charge is 2.33. The minimum Gasteiger partial charge on any atom is -0.456 e. The molecular formula is C27H24N6OS2. The monoisotopic (exact) mass is 512 g/mol. The number of nitrogens with one attached hydrogen (secondary N) is 1. The molecule has 6 rings (SSSR count). The zero-order valence-electron chi connectivity index (χ0n) is 20.3. The maximum Gasteiger partial charge on any atom is 0.234 e. The van der Waals surface area contributed by atoms with Crippen LogP contribution in [0.25, 0.3) is 21.9 Å². The van der Waals surface area contributed by atoms with Gasteiger partial charge in [0.2, 0.25) is 11.1 Å². The van der Waals surface area contributed by atoms with Gasteiger partial charge in [0.25, 0.3) is 0 Å². The summed E-state index contributed by atoms with van der Waals surface area (Å²) in [6.07, 6.45) is 0. The molecule has 1 aliphatic heterocycles. The molecular weight excluding hydrogens is 488 g/mol. The van der Waals surface area contributed by atoms with E-state index in [9.17, 15) is 0 Å². The SMILES string of the molecule is CC1=NN(/C(=N/c2nnc(C)s2)Nc2ccc(C)c(C)c2)C(c2cccc3c2oc2ccccc23)S1. The van der Waals surface area contributed by atoms with E-state index in [0.29, 0.717) is 11.1 Å². The Hall–Kier alpha value is -3.69. The van der Waals surface area contributed by atoms with Crippen LogP contribution in [0.15, 0.2) is 75.2 Å². The number of nitrogens with zero attached hydrogens (tertiary/aromatic N) is 5. The molecule has 0 aliphatic carbocycles. The smallest absolute Gasteiger partial charge is 0.234 e. The van der Waals surface area contributed by atoms with Crippen LogP contribution in [-0.4, -0.2) is 26.2 Å². The van der Waals surface area contributed by atoms with Gasteiger partial charge in [-0.2, -0.15) is 10.1 Å². The number of fused-ring (bicyclic) bond motifs is 3. The van der Waals surface area contributed by atoms with E-state index in [1.54, 1.807) is 11.8 Å². The Morgan fingerprint density at radius 2 is 1.78 bits per heavy atom. The van der Waals surface area contributed by atoms with Crippen molar-refractivity contribution < 1.29 is 4.42 Å². The van der Waals surface area contributed by atoms with Crippen LogP contribution in [0.5, 0.6) is 0 Å². The van der Waals surface area contributed by atoms with E-state index in [-0.39, 0.29) is 5.37 Å². The number of hydrogen-bond donors (Lipinski definition) is 1. The Bertz CT molecular complexity index is 1670. The number of thioether (sulfide) groups is 1. The number of furan rings is 1. The van der Waals surface area contributed by atoms with Gasteiger partial charge in [-0.05, 0) is 57.0 Å². The van der Waals surface area contributed by atoms with Gasteiger partial charge in [-0.1, -0.05) is 65.6 Å². The summed E-state index contributed by atoms with van der Waals surface area (Å²) in [7, 11) is 0. The van der Waals surface area contributed by atoms with Crippen LogP contribution < -0.4 is 5.32 Å². The Balaban J connectivity index is 1.47. The van der Waals surface area contributed by atoms with Crippen LogP contribution in [-0.2, 0) is 0 Å². The maximum atomic E-state index is 6.36. The van der Waals surface area contributed by atoms with Crippen LogP contribution >= 0.6 is 23.1 Å². The Kier molecular flexibility index (Phi) is 5.73. The summed E-state index contributed by atoms with van der Waals surface area (Å²) < 4.78 is 6.36. The molecule has 7 nitrogen and oxygen atoms in total. The molecule has 1 atom stereocenters. The number of rotatable bonds is 3. The van der Waals surface area contributed by atoms with Crippen LogP contribution in [0.4, 0.5) is 10.8 Å². The molecule has 3 heterocycles. The minimum absolute atomic E-state index is 0.166. The lowest BCUT2D eigenvalue weighted by Crippen LogP contribution is -2.32. The molecule has 1 N–H and O–H groups in total. The van der Waals surface area contributed by atoms with Gasteiger partial charge in [0, 0.05) is 22.0 Å². The van der Waals surface area contributed by atoms with Gasteiger partial charge in [-0.25, -0.2) is 5.01 Å². The fourth-order valence-electron chi connectivity index (χ4n) is 4.26. The number of hydrogen-bond acceptors (Lipinski definition) is 7. The molecule has 0 fully saturated rings. The van der Waals surface area contributed by atoms with Crippen LogP contribution in [0.2, 0.25) is 0 Å². The number of aryl methyl sites for hydroxylation is 3. The molecule has 5 aromatic rings. The van der Waals surface area contributed by atoms with Crippen LogP contribution in [0, 0.1) is 20.8 Å². The average molecular weight is 513 g/mol. The second-order valence-electron chi connectivity index (χ2n) is 8.72. The zero-order valence-corrected chi connectivity index (χ0v) is 21.9. The van der Waals surface area contributed by atoms with E-state index in [0.717, 1.165) is 43.2 Å². The highest BCUT2D eigenvalue weighted by Crippen LogP contribution is 2.44. The summed E-state index contributed by atoms with van der Waals surface area (Å²) in [6.45, 7) is 8.14. The van der Waals surface area contributed by atoms with Crippen molar-refractivity contribution in [3.63, 3.8) is 0 Å². The van der Waals surface area contributed by atoms with Crippen molar-refractivity contribution in [2.24, 2.45) is 10.1 Å². The van der Waals surface area contributed by atoms with E-state index in [1.807, 2.05) is 37.1 Å². The molecule has 0 spiro atoms. The van der Waals surface area contributed by atoms with E-state index in [1.165, 1.54) is 22.5 Å². The van der Waals surface area contributed by atoms with E-state index in [2.05, 4.69) is 71.8 Å². The summed E-state index contributed by atoms with van der Waals surface area (Å²) in [4.78, 5) is 4.87. The zero-order chi connectivity index (χ0) is 24.8. The standard InChI is InChI=1S/C27H24N6OS2/c1-15-12-13-19(14-16(15)2)28-26(29-27-31-30-17(3)36-27)33-25(35-18(4)32-33)22-10-7-9-21-20-8-5-6-11-23(20)34-24(21)22/h5-14,25H,1-4H3,(H,28,29,31). The molecule has 0 radical (unpaired) electrons. The summed E-state index contributed by atoms with van der Waals surface area (Å²) in [5.41, 5.74) is 6.15. The van der Waals surface area contributed by atoms with Crippen molar-refractivity contribution >= 4 is 66.9 Å². The second-order valence-corrected chi connectivity index (χ2v) is 11.2. The third-order valence-corrected chi connectivity index (χ3v) is 7.98. The van der Waals surface area contributed by atoms with Crippen LogP contribution in [0.1, 0.15) is 34.0 Å². The molecule has 36 heavy (non-hydrogen) atoms. The number of benzene rings is 3. The first-order valence-electron chi connectivity index (χ1n) is 11.6. The first-order chi connectivity index (χ1) is 17.5. The van der Waals surface area contributed by atoms with Crippen molar-refractivity contribution in [3.8, 4) is 0 Å². The largest absolute Gasteiger partial charge is 0.456 e. The van der Waals surface area contributed by atoms with Gasteiger partial charge in [-0.15, -0.1) is 10.2 Å². The number of aliphatic imine (C=N–C) groups is 1. The topological polar surface area (TPSA) is 78.9 Å². The van der Waals surface area contributed by atoms with Gasteiger partial charge >= 0.3 is 0 Å². The van der Waals surface area contributed by atoms with E-state index >= 15 is 0 Å². The Morgan fingerprint density at radius 1 is 0.944 bits per heavy atom. The quantitative estimate of drug-likeness (QED) is 0.199. The van der Waals surface area contributed by atoms with Gasteiger partial charge in [0.15, 0.2) is 0 Å². The molecule has 1 unspecified atom stereocenters. The number of guanidine groups is 1. The fourth-order valence-corrected chi connectivity index (χ4v) is 5.84. The Morgan fingerprint density at radius 3 is 2.58 bits per heavy atom. The van der Waals surface area contributed by atoms with Gasteiger partial charge < -0.3 is 9.73 Å². The van der Waals surface area contributed by atoms with Gasteiger partial charge in [0.05, 0.1) is 5.04 Å². The molecule has 0 bridgehead atoms. The molecule has 0 amide bonds. The number of hydrazone groups is 1. The number of aromatic nitrogens is 2. The normalized spacial score (nSPS) is 16.2. The highest BCUT2D eigenvalue weighted by molar-refractivity contribution is 8.14. The fraction of sp³-hybridized carbons (Fsp3) is 0.185. The molecule has 0 saturated carbocycles. The predicted octanol–water partition coefficient (Wildman–Crippen LogP) is 7.54. The second kappa shape index (κ2) is 9.07. The lowest BCUT2D eigenvalue weighted by atomic mass is 10.1. The minimum atomic E-state index is -0.166. The number of para-hydroxylation sites is 2. The van der Waals surface area contributed by atoms with Gasteiger partial charge in [-0.3, -0.25) is 0 Å². The molecule has 2 aromatic heterocycles. The third-order valence-electron chi connectivity index (χ3n) is 6.15. The average Bonchev–Trinajstić information content (AvgIpc) is 3.57. The van der Waals surface area contributed by atoms with Gasteiger partial charge in [0.1, 0.15) is 21.5 Å². The lowest BCUT2D eigenvalue weighted by molar-refractivity contribution is 0.436. The van der Waals surface area contributed by atoms with Crippen molar-refractivity contribution in [1.29, 1.82) is 0 Å². The number of anilines is 1. The maximum absolute atomic E-state index is 6.36. The van der Waals surface area contributed by atoms with Crippen molar-refractivity contribution in [2.75, 3.05) is 5.32 Å². The Labute approximate surface area is 216 Å². The van der Waals surface area contributed by atoms with Crippen molar-refractivity contribution in [3.05, 3.63) is 82.4 Å². The molecule has 0 saturated heterocycles. The van der Waals surface area contributed by atoms with Crippen LogP contribution in [0.3, 0.4) is 0 Å². The first kappa shape index (κ1) is 22.8. The summed E-state index contributed by atoms with van der Waals surface area (Å²) >= 11 is 3.12. The molecule has 180 valence electrons. The molecule has 9 heteroatoms.